The minimum Gasteiger partial charge on any atom is -0.496 e. The summed E-state index contributed by atoms with van der Waals surface area (Å²) in [6.07, 6.45) is 2.53. The van der Waals surface area contributed by atoms with E-state index in [1.165, 1.54) is 11.3 Å². The second-order valence-corrected chi connectivity index (χ2v) is 8.50. The fraction of sp³-hybridized carbons (Fsp3) is 0.435. The maximum atomic E-state index is 12.8. The first-order chi connectivity index (χ1) is 15.0. The Morgan fingerprint density at radius 3 is 2.84 bits per heavy atom. The second kappa shape index (κ2) is 10.4. The van der Waals surface area contributed by atoms with Crippen molar-refractivity contribution in [2.45, 2.75) is 39.2 Å². The third-order valence-corrected chi connectivity index (χ3v) is 6.44. The van der Waals surface area contributed by atoms with Crippen molar-refractivity contribution in [1.82, 2.24) is 4.90 Å². The van der Waals surface area contributed by atoms with Gasteiger partial charge in [-0.3, -0.25) is 9.79 Å². The molecule has 0 spiro atoms. The third kappa shape index (κ3) is 5.25. The summed E-state index contributed by atoms with van der Waals surface area (Å²) in [6, 6.07) is 7.76. The Balaban J connectivity index is 1.75. The topological polar surface area (TPSA) is 80.2 Å². The highest BCUT2D eigenvalue weighted by Crippen LogP contribution is 2.37. The number of hydrogen-bond acceptors (Lipinski definition) is 6. The zero-order valence-corrected chi connectivity index (χ0v) is 19.3. The van der Waals surface area contributed by atoms with Crippen molar-refractivity contribution < 1.29 is 19.1 Å². The van der Waals surface area contributed by atoms with Gasteiger partial charge in [-0.15, -0.1) is 11.3 Å². The van der Waals surface area contributed by atoms with E-state index in [4.69, 9.17) is 9.47 Å². The van der Waals surface area contributed by atoms with Crippen molar-refractivity contribution in [2.75, 3.05) is 32.6 Å². The molecule has 0 saturated heterocycles. The van der Waals surface area contributed by atoms with Gasteiger partial charge in [0.25, 0.3) is 0 Å². The molecule has 0 fully saturated rings. The maximum Gasteiger partial charge on any atom is 0.410 e. The summed E-state index contributed by atoms with van der Waals surface area (Å²) in [7, 11) is 3.35. The number of rotatable bonds is 7. The summed E-state index contributed by atoms with van der Waals surface area (Å²) in [6.45, 7) is 5.24. The lowest BCUT2D eigenvalue weighted by Crippen LogP contribution is -2.35. The third-order valence-electron chi connectivity index (χ3n) is 5.30. The van der Waals surface area contributed by atoms with Crippen molar-refractivity contribution >= 4 is 34.6 Å². The molecule has 1 aliphatic heterocycles. The maximum absolute atomic E-state index is 12.8. The lowest BCUT2D eigenvalue weighted by atomic mass is 9.96. The van der Waals surface area contributed by atoms with Gasteiger partial charge in [0.1, 0.15) is 10.8 Å². The van der Waals surface area contributed by atoms with E-state index in [9.17, 15) is 9.59 Å². The molecule has 166 valence electrons. The van der Waals surface area contributed by atoms with Gasteiger partial charge in [0.05, 0.1) is 20.3 Å². The summed E-state index contributed by atoms with van der Waals surface area (Å²) >= 11 is 1.50. The van der Waals surface area contributed by atoms with E-state index < -0.39 is 0 Å². The number of thiophene rings is 1. The summed E-state index contributed by atoms with van der Waals surface area (Å²) in [5.41, 5.74) is 3.08. The summed E-state index contributed by atoms with van der Waals surface area (Å²) < 4.78 is 10.6. The number of hydrogen-bond donors (Lipinski definition) is 1. The lowest BCUT2D eigenvalue weighted by molar-refractivity contribution is -0.116. The molecule has 2 aromatic rings. The Kier molecular flexibility index (Phi) is 7.68. The number of anilines is 1. The Labute approximate surface area is 187 Å². The van der Waals surface area contributed by atoms with E-state index in [1.807, 2.05) is 31.2 Å². The normalized spacial score (nSPS) is 14.3. The Morgan fingerprint density at radius 2 is 2.13 bits per heavy atom. The summed E-state index contributed by atoms with van der Waals surface area (Å²) in [5, 5.41) is 3.85. The molecule has 3 rings (SSSR count). The lowest BCUT2D eigenvalue weighted by Gasteiger charge is -2.26. The van der Waals surface area contributed by atoms with Crippen molar-refractivity contribution in [2.24, 2.45) is 4.99 Å². The number of carbonyl (C=O) groups excluding carboxylic acids is 2. The van der Waals surface area contributed by atoms with Crippen LogP contribution in [0.15, 0.2) is 29.3 Å². The molecule has 1 aromatic heterocycles. The van der Waals surface area contributed by atoms with Gasteiger partial charge in [0, 0.05) is 36.7 Å². The first-order valence-corrected chi connectivity index (χ1v) is 11.2. The molecule has 2 heterocycles. The fourth-order valence-electron chi connectivity index (χ4n) is 3.80. The molecular formula is C23H29N3O4S. The molecule has 31 heavy (non-hydrogen) atoms. The van der Waals surface area contributed by atoms with Crippen LogP contribution >= 0.6 is 11.3 Å². The van der Waals surface area contributed by atoms with Gasteiger partial charge in [-0.1, -0.05) is 25.1 Å². The molecule has 1 aliphatic rings. The van der Waals surface area contributed by atoms with E-state index >= 15 is 0 Å². The molecule has 8 heteroatoms. The standard InChI is InChI=1S/C23H29N3O4S/c1-5-30-23(28)26-11-10-17-18(13-24-3)22(31-20(17)14-26)25-21(27)12-15(2)16-8-6-7-9-19(16)29-4/h6-9,13,15H,5,10-12,14H2,1-4H3,(H,25,27). The van der Waals surface area contributed by atoms with E-state index in [0.717, 1.165) is 32.3 Å². The minimum absolute atomic E-state index is 0.00772. The smallest absolute Gasteiger partial charge is 0.410 e. The number of nitrogens with zero attached hydrogens (tertiary/aromatic N) is 2. The molecule has 1 N–H and O–H groups in total. The number of nitrogens with one attached hydrogen (secondary N) is 1. The molecule has 0 aliphatic carbocycles. The average molecular weight is 444 g/mol. The van der Waals surface area contributed by atoms with Gasteiger partial charge >= 0.3 is 6.09 Å². The quantitative estimate of drug-likeness (QED) is 0.641. The molecule has 1 aromatic carbocycles. The van der Waals surface area contributed by atoms with Gasteiger partial charge in [-0.05, 0) is 36.5 Å². The number of aliphatic imine (C=N–C) groups is 1. The fourth-order valence-corrected chi connectivity index (χ4v) is 5.05. The van der Waals surface area contributed by atoms with Gasteiger partial charge in [0.15, 0.2) is 0 Å². The minimum atomic E-state index is -0.302. The zero-order chi connectivity index (χ0) is 22.4. The van der Waals surface area contributed by atoms with Crippen molar-refractivity contribution in [3.05, 3.63) is 45.8 Å². The zero-order valence-electron chi connectivity index (χ0n) is 18.4. The van der Waals surface area contributed by atoms with Gasteiger partial charge in [-0.2, -0.15) is 0 Å². The van der Waals surface area contributed by atoms with Crippen molar-refractivity contribution in [3.8, 4) is 5.75 Å². The van der Waals surface area contributed by atoms with Crippen LogP contribution < -0.4 is 10.1 Å². The molecule has 0 bridgehead atoms. The summed E-state index contributed by atoms with van der Waals surface area (Å²) in [5.74, 6) is 0.727. The van der Waals surface area contributed by atoms with E-state index in [0.29, 0.717) is 32.5 Å². The molecule has 7 nitrogen and oxygen atoms in total. The number of benzene rings is 1. The number of carbonyl (C=O) groups is 2. The number of ether oxygens (including phenoxy) is 2. The van der Waals surface area contributed by atoms with Crippen LogP contribution in [0.4, 0.5) is 9.80 Å². The molecule has 1 unspecified atom stereocenters. The number of methoxy groups -OCH3 is 1. The van der Waals surface area contributed by atoms with Crippen LogP contribution in [0.2, 0.25) is 0 Å². The highest BCUT2D eigenvalue weighted by molar-refractivity contribution is 7.16. The van der Waals surface area contributed by atoms with Crippen LogP contribution in [-0.2, 0) is 22.5 Å². The van der Waals surface area contributed by atoms with Crippen LogP contribution in [0.1, 0.15) is 47.8 Å². The monoisotopic (exact) mass is 443 g/mol. The molecule has 2 amide bonds. The van der Waals surface area contributed by atoms with Crippen LogP contribution in [0, 0.1) is 0 Å². The van der Waals surface area contributed by atoms with Crippen LogP contribution in [0.5, 0.6) is 5.75 Å². The van der Waals surface area contributed by atoms with E-state index in [2.05, 4.69) is 10.3 Å². The Hall–Kier alpha value is -2.87. The molecular weight excluding hydrogens is 414 g/mol. The first kappa shape index (κ1) is 22.8. The second-order valence-electron chi connectivity index (χ2n) is 7.40. The van der Waals surface area contributed by atoms with Crippen molar-refractivity contribution in [3.63, 3.8) is 0 Å². The average Bonchev–Trinajstić information content (AvgIpc) is 3.10. The SMILES string of the molecule is CCOC(=O)N1CCc2c(sc(NC(=O)CC(C)c3ccccc3OC)c2C=NC)C1. The number of amides is 2. The number of fused-ring (bicyclic) bond motifs is 1. The highest BCUT2D eigenvalue weighted by atomic mass is 32.1. The predicted octanol–water partition coefficient (Wildman–Crippen LogP) is 4.45. The summed E-state index contributed by atoms with van der Waals surface area (Å²) in [4.78, 5) is 31.9. The largest absolute Gasteiger partial charge is 0.496 e. The van der Waals surface area contributed by atoms with Gasteiger partial charge in [0.2, 0.25) is 5.91 Å². The van der Waals surface area contributed by atoms with Crippen LogP contribution in [-0.4, -0.2) is 50.4 Å². The van der Waals surface area contributed by atoms with E-state index in [1.54, 1.807) is 32.2 Å². The molecule has 0 radical (unpaired) electrons. The highest BCUT2D eigenvalue weighted by Gasteiger charge is 2.27. The van der Waals surface area contributed by atoms with Gasteiger partial charge < -0.3 is 19.7 Å². The van der Waals surface area contributed by atoms with Crippen LogP contribution in [0.3, 0.4) is 0 Å². The first-order valence-electron chi connectivity index (χ1n) is 10.4. The van der Waals surface area contributed by atoms with Crippen LogP contribution in [0.25, 0.3) is 0 Å². The molecule has 0 saturated carbocycles. The van der Waals surface area contributed by atoms with Gasteiger partial charge in [-0.25, -0.2) is 4.79 Å². The molecule has 1 atom stereocenters. The van der Waals surface area contributed by atoms with Crippen molar-refractivity contribution in [1.29, 1.82) is 0 Å². The Morgan fingerprint density at radius 1 is 1.35 bits per heavy atom. The predicted molar refractivity (Wildman–Crippen MR) is 124 cm³/mol. The Bertz CT molecular complexity index is 970. The van der Waals surface area contributed by atoms with E-state index in [-0.39, 0.29) is 17.9 Å². The number of para-hydroxylation sites is 1.